The Bertz CT molecular complexity index is 444. The molecule has 100 valence electrons. The Balaban J connectivity index is 3.08. The van der Waals surface area contributed by atoms with Crippen LogP contribution in [0.1, 0.15) is 30.2 Å². The van der Waals surface area contributed by atoms with Crippen LogP contribution in [0.4, 0.5) is 5.82 Å². The maximum absolute atomic E-state index is 9.30. The number of nitrogens with zero attached hydrogens (tertiary/aromatic N) is 3. The number of nitrogens with one attached hydrogen (secondary N) is 1. The van der Waals surface area contributed by atoms with E-state index in [-0.39, 0.29) is 11.9 Å². The summed E-state index contributed by atoms with van der Waals surface area (Å²) >= 11 is 0. The van der Waals surface area contributed by atoms with Gasteiger partial charge in [-0.2, -0.15) is 5.10 Å². The molecule has 1 rings (SSSR count). The van der Waals surface area contributed by atoms with E-state index in [0.29, 0.717) is 24.3 Å². The highest BCUT2D eigenvalue weighted by Crippen LogP contribution is 2.20. The van der Waals surface area contributed by atoms with E-state index in [9.17, 15) is 5.11 Å². The second kappa shape index (κ2) is 5.77. The summed E-state index contributed by atoms with van der Waals surface area (Å²) in [5.41, 5.74) is 7.88. The third kappa shape index (κ3) is 3.16. The van der Waals surface area contributed by atoms with E-state index in [0.717, 1.165) is 11.3 Å². The number of nitrogens with two attached hydrogens (primary N) is 1. The van der Waals surface area contributed by atoms with Crippen molar-refractivity contribution in [2.45, 2.75) is 33.3 Å². The number of hydrogen-bond acceptors (Lipinski definition) is 5. The molecule has 0 radical (unpaired) electrons. The summed E-state index contributed by atoms with van der Waals surface area (Å²) in [5, 5.41) is 25.1. The molecule has 4 N–H and O–H groups in total. The van der Waals surface area contributed by atoms with Gasteiger partial charge in [0.15, 0.2) is 5.82 Å². The van der Waals surface area contributed by atoms with Gasteiger partial charge < -0.3 is 15.7 Å². The predicted molar refractivity (Wildman–Crippen MR) is 72.1 cm³/mol. The van der Waals surface area contributed by atoms with E-state index in [1.54, 1.807) is 6.92 Å². The molecule has 1 heterocycles. The highest BCUT2D eigenvalue weighted by Gasteiger charge is 2.17. The standard InChI is InChI=1S/C12H21N5O/c1-7(18)5-6-17(4)12-10(11(13)14)8(2)9(3)15-16-12/h7,18H,5-6H2,1-4H3,(H3,13,14). The van der Waals surface area contributed by atoms with E-state index in [1.165, 1.54) is 0 Å². The van der Waals surface area contributed by atoms with E-state index < -0.39 is 0 Å². The zero-order valence-electron chi connectivity index (χ0n) is 11.4. The number of rotatable bonds is 5. The van der Waals surface area contributed by atoms with Crippen LogP contribution in [0.5, 0.6) is 0 Å². The minimum Gasteiger partial charge on any atom is -0.393 e. The van der Waals surface area contributed by atoms with Crippen LogP contribution in [-0.2, 0) is 0 Å². The van der Waals surface area contributed by atoms with Crippen molar-refractivity contribution in [2.24, 2.45) is 5.73 Å². The van der Waals surface area contributed by atoms with Gasteiger partial charge in [-0.05, 0) is 32.8 Å². The lowest BCUT2D eigenvalue weighted by Gasteiger charge is -2.22. The van der Waals surface area contributed by atoms with Gasteiger partial charge in [0.25, 0.3) is 0 Å². The third-order valence-corrected chi connectivity index (χ3v) is 2.95. The van der Waals surface area contributed by atoms with Crippen molar-refractivity contribution in [3.63, 3.8) is 0 Å². The molecule has 0 saturated heterocycles. The number of aryl methyl sites for hydroxylation is 1. The molecule has 0 aliphatic carbocycles. The summed E-state index contributed by atoms with van der Waals surface area (Å²) in [4.78, 5) is 1.86. The lowest BCUT2D eigenvalue weighted by Crippen LogP contribution is -2.28. The molecule has 0 aliphatic heterocycles. The fraction of sp³-hybridized carbons (Fsp3) is 0.583. The summed E-state index contributed by atoms with van der Waals surface area (Å²) in [6, 6.07) is 0. The van der Waals surface area contributed by atoms with Crippen molar-refractivity contribution in [1.82, 2.24) is 10.2 Å². The van der Waals surface area contributed by atoms with Crippen molar-refractivity contribution in [3.05, 3.63) is 16.8 Å². The van der Waals surface area contributed by atoms with Gasteiger partial charge in [0.2, 0.25) is 0 Å². The fourth-order valence-electron chi connectivity index (χ4n) is 1.67. The molecule has 0 fully saturated rings. The molecule has 0 spiro atoms. The Labute approximate surface area is 107 Å². The second-order valence-corrected chi connectivity index (χ2v) is 4.58. The first-order valence-electron chi connectivity index (χ1n) is 5.92. The van der Waals surface area contributed by atoms with Crippen LogP contribution in [0.2, 0.25) is 0 Å². The molecule has 0 aliphatic rings. The average molecular weight is 251 g/mol. The monoisotopic (exact) mass is 251 g/mol. The molecular formula is C12H21N5O. The third-order valence-electron chi connectivity index (χ3n) is 2.95. The average Bonchev–Trinajstić information content (AvgIpc) is 2.28. The molecule has 6 heteroatoms. The molecule has 0 saturated carbocycles. The predicted octanol–water partition coefficient (Wildman–Crippen LogP) is 0.585. The van der Waals surface area contributed by atoms with Crippen LogP contribution in [-0.4, -0.2) is 40.8 Å². The van der Waals surface area contributed by atoms with Crippen LogP contribution in [0.3, 0.4) is 0 Å². The lowest BCUT2D eigenvalue weighted by molar-refractivity contribution is 0.187. The molecule has 1 aromatic rings. The molecule has 0 amide bonds. The van der Waals surface area contributed by atoms with Gasteiger partial charge in [-0.1, -0.05) is 0 Å². The second-order valence-electron chi connectivity index (χ2n) is 4.58. The van der Waals surface area contributed by atoms with Crippen molar-refractivity contribution in [1.29, 1.82) is 5.41 Å². The first-order valence-corrected chi connectivity index (χ1v) is 5.92. The minimum atomic E-state index is -0.368. The Kier molecular flexibility index (Phi) is 4.61. The van der Waals surface area contributed by atoms with Crippen LogP contribution < -0.4 is 10.6 Å². The summed E-state index contributed by atoms with van der Waals surface area (Å²) in [7, 11) is 1.85. The summed E-state index contributed by atoms with van der Waals surface area (Å²) < 4.78 is 0. The quantitative estimate of drug-likeness (QED) is 0.525. The SMILES string of the molecule is Cc1nnc(N(C)CCC(C)O)c(C(=N)N)c1C. The Morgan fingerprint density at radius 3 is 2.56 bits per heavy atom. The molecular weight excluding hydrogens is 230 g/mol. The lowest BCUT2D eigenvalue weighted by atomic mass is 10.1. The van der Waals surface area contributed by atoms with Crippen LogP contribution in [0, 0.1) is 19.3 Å². The van der Waals surface area contributed by atoms with Gasteiger partial charge >= 0.3 is 0 Å². The summed E-state index contributed by atoms with van der Waals surface area (Å²) in [6.45, 7) is 6.10. The Morgan fingerprint density at radius 1 is 1.44 bits per heavy atom. The highest BCUT2D eigenvalue weighted by molar-refractivity contribution is 6.01. The Hall–Kier alpha value is -1.69. The molecule has 6 nitrogen and oxygen atoms in total. The number of hydrogen-bond donors (Lipinski definition) is 3. The van der Waals surface area contributed by atoms with Gasteiger partial charge in [-0.15, -0.1) is 5.10 Å². The first kappa shape index (κ1) is 14.4. The molecule has 1 aromatic heterocycles. The molecule has 1 atom stereocenters. The summed E-state index contributed by atoms with van der Waals surface area (Å²) in [6.07, 6.45) is 0.260. The number of aromatic nitrogens is 2. The van der Waals surface area contributed by atoms with E-state index in [1.807, 2.05) is 25.8 Å². The van der Waals surface area contributed by atoms with E-state index in [4.69, 9.17) is 11.1 Å². The van der Waals surface area contributed by atoms with Crippen LogP contribution in [0.25, 0.3) is 0 Å². The number of aliphatic hydroxyl groups is 1. The highest BCUT2D eigenvalue weighted by atomic mass is 16.3. The van der Waals surface area contributed by atoms with Crippen molar-refractivity contribution >= 4 is 11.7 Å². The number of amidine groups is 1. The first-order chi connectivity index (χ1) is 8.34. The van der Waals surface area contributed by atoms with E-state index >= 15 is 0 Å². The maximum Gasteiger partial charge on any atom is 0.162 e. The van der Waals surface area contributed by atoms with Crippen molar-refractivity contribution in [2.75, 3.05) is 18.5 Å². The smallest absolute Gasteiger partial charge is 0.162 e. The van der Waals surface area contributed by atoms with Gasteiger partial charge in [-0.3, -0.25) is 5.41 Å². The van der Waals surface area contributed by atoms with Gasteiger partial charge in [0, 0.05) is 13.6 Å². The van der Waals surface area contributed by atoms with Crippen molar-refractivity contribution < 1.29 is 5.11 Å². The summed E-state index contributed by atoms with van der Waals surface area (Å²) in [5.74, 6) is 0.579. The minimum absolute atomic E-state index is 0.00982. The number of nitrogen functional groups attached to an aromatic ring is 1. The molecule has 0 aromatic carbocycles. The molecule has 18 heavy (non-hydrogen) atoms. The van der Waals surface area contributed by atoms with Crippen molar-refractivity contribution in [3.8, 4) is 0 Å². The topological polar surface area (TPSA) is 99.1 Å². The fourth-order valence-corrected chi connectivity index (χ4v) is 1.67. The molecule has 0 bridgehead atoms. The normalized spacial score (nSPS) is 12.3. The Morgan fingerprint density at radius 2 is 2.06 bits per heavy atom. The largest absolute Gasteiger partial charge is 0.393 e. The molecule has 1 unspecified atom stereocenters. The van der Waals surface area contributed by atoms with Crippen LogP contribution in [0.15, 0.2) is 0 Å². The van der Waals surface area contributed by atoms with E-state index in [2.05, 4.69) is 10.2 Å². The van der Waals surface area contributed by atoms with Gasteiger partial charge in [0.1, 0.15) is 5.84 Å². The number of aliphatic hydroxyl groups excluding tert-OH is 1. The van der Waals surface area contributed by atoms with Gasteiger partial charge in [-0.25, -0.2) is 0 Å². The number of anilines is 1. The zero-order valence-corrected chi connectivity index (χ0v) is 11.4. The maximum atomic E-state index is 9.30. The van der Waals surface area contributed by atoms with Crippen LogP contribution >= 0.6 is 0 Å². The van der Waals surface area contributed by atoms with Gasteiger partial charge in [0.05, 0.1) is 17.4 Å². The zero-order chi connectivity index (χ0) is 13.9.